The van der Waals surface area contributed by atoms with Crippen LogP contribution >= 0.6 is 11.6 Å². The highest BCUT2D eigenvalue weighted by Gasteiger charge is 2.35. The molecule has 70 valence electrons. The zero-order valence-corrected chi connectivity index (χ0v) is 7.06. The average Bonchev–Trinajstić information content (AvgIpc) is 2.28. The molecule has 0 aliphatic carbocycles. The molecular formula is C4H3ClN4O4. The topological polar surface area (TPSA) is 104 Å². The van der Waals surface area contributed by atoms with Gasteiger partial charge in [-0.2, -0.15) is 4.68 Å². The second-order valence-corrected chi connectivity index (χ2v) is 2.46. The van der Waals surface area contributed by atoms with Gasteiger partial charge in [0.2, 0.25) is 5.15 Å². The maximum atomic E-state index is 10.3. The molecule has 0 fully saturated rings. The van der Waals surface area contributed by atoms with Crippen LogP contribution in [0.3, 0.4) is 0 Å². The minimum atomic E-state index is -0.954. The van der Waals surface area contributed by atoms with Gasteiger partial charge < -0.3 is 10.1 Å². The van der Waals surface area contributed by atoms with Gasteiger partial charge in [-0.1, -0.05) is 11.6 Å². The summed E-state index contributed by atoms with van der Waals surface area (Å²) in [5, 5.41) is 23.5. The Morgan fingerprint density at radius 3 is 2.23 bits per heavy atom. The highest BCUT2D eigenvalue weighted by atomic mass is 35.5. The minimum Gasteiger partial charge on any atom is -0.358 e. The number of nitrogens with zero attached hydrogens (tertiary/aromatic N) is 4. The molecule has 8 nitrogen and oxygen atoms in total. The van der Waals surface area contributed by atoms with Gasteiger partial charge in [-0.3, -0.25) is 10.1 Å². The molecule has 0 N–H and O–H groups in total. The van der Waals surface area contributed by atoms with Crippen LogP contribution in [0.2, 0.25) is 5.15 Å². The summed E-state index contributed by atoms with van der Waals surface area (Å²) in [6, 6.07) is 0. The summed E-state index contributed by atoms with van der Waals surface area (Å²) in [5.74, 6) is -0.850. The van der Waals surface area contributed by atoms with E-state index < -0.39 is 21.4 Å². The summed E-state index contributed by atoms with van der Waals surface area (Å²) < 4.78 is 0.873. The van der Waals surface area contributed by atoms with Crippen LogP contribution in [-0.4, -0.2) is 19.6 Å². The Balaban J connectivity index is 3.44. The summed E-state index contributed by atoms with van der Waals surface area (Å²) in [5.41, 5.74) is -0.783. The van der Waals surface area contributed by atoms with E-state index in [1.165, 1.54) is 7.05 Å². The number of hydrogen-bond acceptors (Lipinski definition) is 5. The van der Waals surface area contributed by atoms with Crippen LogP contribution in [0, 0.1) is 20.2 Å². The van der Waals surface area contributed by atoms with Crippen molar-refractivity contribution in [3.05, 3.63) is 25.4 Å². The molecule has 0 aliphatic heterocycles. The Bertz CT molecular complexity index is 386. The van der Waals surface area contributed by atoms with Crippen molar-refractivity contribution in [2.24, 2.45) is 7.05 Å². The fourth-order valence-electron chi connectivity index (χ4n) is 0.759. The highest BCUT2D eigenvalue weighted by molar-refractivity contribution is 6.32. The van der Waals surface area contributed by atoms with Gasteiger partial charge in [0.05, 0.1) is 17.1 Å². The van der Waals surface area contributed by atoms with Crippen molar-refractivity contribution in [1.29, 1.82) is 0 Å². The Labute approximate surface area is 76.0 Å². The summed E-state index contributed by atoms with van der Waals surface area (Å²) >= 11 is 5.41. The van der Waals surface area contributed by atoms with Crippen LogP contribution in [0.5, 0.6) is 0 Å². The van der Waals surface area contributed by atoms with Crippen LogP contribution in [0.1, 0.15) is 0 Å². The molecule has 0 saturated heterocycles. The first-order valence-electron chi connectivity index (χ1n) is 2.96. The van der Waals surface area contributed by atoms with E-state index in [0.717, 1.165) is 4.68 Å². The third-order valence-corrected chi connectivity index (χ3v) is 1.72. The molecule has 0 amide bonds. The lowest BCUT2D eigenvalue weighted by molar-refractivity contribution is -0.424. The molecule has 1 heterocycles. The molecule has 0 unspecified atom stereocenters. The highest BCUT2D eigenvalue weighted by Crippen LogP contribution is 2.32. The van der Waals surface area contributed by atoms with E-state index in [1.54, 1.807) is 0 Å². The van der Waals surface area contributed by atoms with E-state index in [4.69, 9.17) is 11.6 Å². The van der Waals surface area contributed by atoms with Crippen LogP contribution in [0.15, 0.2) is 0 Å². The van der Waals surface area contributed by atoms with Gasteiger partial charge in [-0.05, 0) is 4.92 Å². The fraction of sp³-hybridized carbons (Fsp3) is 0.250. The predicted octanol–water partition coefficient (Wildman–Crippen LogP) is 0.890. The molecule has 0 bridgehead atoms. The molecule has 1 aromatic heterocycles. The van der Waals surface area contributed by atoms with Gasteiger partial charge in [-0.15, -0.1) is 0 Å². The molecule has 1 aromatic rings. The zero-order chi connectivity index (χ0) is 10.2. The quantitative estimate of drug-likeness (QED) is 0.528. The first kappa shape index (κ1) is 9.39. The monoisotopic (exact) mass is 206 g/mol. The SMILES string of the molecule is Cn1nc([N+](=O)[O-])c([N+](=O)[O-])c1Cl. The van der Waals surface area contributed by atoms with E-state index in [2.05, 4.69) is 5.10 Å². The van der Waals surface area contributed by atoms with E-state index >= 15 is 0 Å². The van der Waals surface area contributed by atoms with Crippen molar-refractivity contribution >= 4 is 23.1 Å². The smallest absolute Gasteiger partial charge is 0.358 e. The molecule has 0 aliphatic rings. The molecular weight excluding hydrogens is 204 g/mol. The van der Waals surface area contributed by atoms with Gasteiger partial charge in [-0.25, -0.2) is 0 Å². The Hall–Kier alpha value is -1.70. The predicted molar refractivity (Wildman–Crippen MR) is 41.5 cm³/mol. The van der Waals surface area contributed by atoms with Gasteiger partial charge in [0.25, 0.3) is 0 Å². The maximum absolute atomic E-state index is 10.3. The second kappa shape index (κ2) is 2.98. The Morgan fingerprint density at radius 2 is 1.92 bits per heavy atom. The number of nitro groups is 2. The number of hydrogen-bond donors (Lipinski definition) is 0. The largest absolute Gasteiger partial charge is 0.469 e. The summed E-state index contributed by atoms with van der Waals surface area (Å²) in [4.78, 5) is 18.7. The van der Waals surface area contributed by atoms with Crippen LogP contribution < -0.4 is 0 Å². The number of halogens is 1. The molecule has 0 aromatic carbocycles. The van der Waals surface area contributed by atoms with Gasteiger partial charge in [0.15, 0.2) is 0 Å². The standard InChI is InChI=1S/C4H3ClN4O4/c1-7-3(5)2(8(10)11)4(6-7)9(12)13/h1H3. The van der Waals surface area contributed by atoms with Gasteiger partial charge in [0, 0.05) is 0 Å². The third-order valence-electron chi connectivity index (χ3n) is 1.29. The third kappa shape index (κ3) is 1.43. The van der Waals surface area contributed by atoms with Crippen molar-refractivity contribution in [1.82, 2.24) is 9.78 Å². The number of aromatic nitrogens is 2. The Morgan fingerprint density at radius 1 is 1.38 bits per heavy atom. The van der Waals surface area contributed by atoms with E-state index in [9.17, 15) is 20.2 Å². The molecule has 0 atom stereocenters. The lowest BCUT2D eigenvalue weighted by Gasteiger charge is -1.86. The fourth-order valence-corrected chi connectivity index (χ4v) is 0.950. The van der Waals surface area contributed by atoms with Crippen molar-refractivity contribution in [3.8, 4) is 0 Å². The number of rotatable bonds is 2. The summed E-state index contributed by atoms with van der Waals surface area (Å²) in [6.07, 6.45) is 0. The van der Waals surface area contributed by atoms with Crippen LogP contribution in [-0.2, 0) is 7.05 Å². The summed E-state index contributed by atoms with van der Waals surface area (Å²) in [6.45, 7) is 0. The van der Waals surface area contributed by atoms with Crippen molar-refractivity contribution < 1.29 is 9.85 Å². The van der Waals surface area contributed by atoms with E-state index in [-0.39, 0.29) is 5.15 Å². The number of aryl methyl sites for hydroxylation is 1. The molecule has 13 heavy (non-hydrogen) atoms. The average molecular weight is 207 g/mol. The molecule has 9 heteroatoms. The maximum Gasteiger partial charge on any atom is 0.469 e. The minimum absolute atomic E-state index is 0.364. The summed E-state index contributed by atoms with van der Waals surface area (Å²) in [7, 11) is 1.28. The molecule has 0 radical (unpaired) electrons. The van der Waals surface area contributed by atoms with E-state index in [1.807, 2.05) is 0 Å². The normalized spacial score (nSPS) is 10.0. The first-order valence-corrected chi connectivity index (χ1v) is 3.34. The lowest BCUT2D eigenvalue weighted by atomic mass is 10.5. The van der Waals surface area contributed by atoms with Gasteiger partial charge in [0.1, 0.15) is 0 Å². The van der Waals surface area contributed by atoms with Crippen molar-refractivity contribution in [2.45, 2.75) is 0 Å². The van der Waals surface area contributed by atoms with Gasteiger partial charge >= 0.3 is 11.5 Å². The van der Waals surface area contributed by atoms with Crippen LogP contribution in [0.25, 0.3) is 0 Å². The van der Waals surface area contributed by atoms with Crippen molar-refractivity contribution in [3.63, 3.8) is 0 Å². The zero-order valence-electron chi connectivity index (χ0n) is 6.30. The second-order valence-electron chi connectivity index (χ2n) is 2.10. The molecule has 0 saturated carbocycles. The Kier molecular flexibility index (Phi) is 2.15. The van der Waals surface area contributed by atoms with Crippen LogP contribution in [0.4, 0.5) is 11.5 Å². The van der Waals surface area contributed by atoms with E-state index in [0.29, 0.717) is 0 Å². The lowest BCUT2D eigenvalue weighted by Crippen LogP contribution is -1.94. The first-order chi connectivity index (χ1) is 5.95. The van der Waals surface area contributed by atoms with Crippen molar-refractivity contribution in [2.75, 3.05) is 0 Å². The molecule has 1 rings (SSSR count). The molecule has 0 spiro atoms.